The van der Waals surface area contributed by atoms with Crippen LogP contribution in [0.15, 0.2) is 24.3 Å². The Balaban J connectivity index is 1.42. The number of nitrogens with zero attached hydrogens (tertiary/aromatic N) is 2. The van der Waals surface area contributed by atoms with Crippen LogP contribution in [0.3, 0.4) is 0 Å². The zero-order valence-electron chi connectivity index (χ0n) is 16.9. The number of ether oxygens (including phenoxy) is 1. The van der Waals surface area contributed by atoms with E-state index in [1.165, 1.54) is 18.6 Å². The van der Waals surface area contributed by atoms with Crippen LogP contribution in [-0.2, 0) is 26.2 Å². The Morgan fingerprint density at radius 2 is 1.48 bits per heavy atom. The van der Waals surface area contributed by atoms with E-state index >= 15 is 0 Å². The van der Waals surface area contributed by atoms with Crippen molar-refractivity contribution in [2.24, 2.45) is 0 Å². The highest BCUT2D eigenvalue weighted by Gasteiger charge is 2.33. The number of carbonyl (C=O) groups is 1. The molecule has 1 aromatic rings. The topological polar surface area (TPSA) is 66.9 Å². The summed E-state index contributed by atoms with van der Waals surface area (Å²) < 4.78 is 47.7. The zero-order valence-corrected chi connectivity index (χ0v) is 17.7. The van der Waals surface area contributed by atoms with Crippen molar-refractivity contribution >= 4 is 16.0 Å². The van der Waals surface area contributed by atoms with Crippen molar-refractivity contribution in [1.29, 1.82) is 0 Å². The average molecular weight is 427 g/mol. The van der Waals surface area contributed by atoms with Gasteiger partial charge in [-0.15, -0.1) is 0 Å². The first-order chi connectivity index (χ1) is 13.9. The first-order valence-electron chi connectivity index (χ1n) is 10.6. The molecule has 6 nitrogen and oxygen atoms in total. The second kappa shape index (κ2) is 10.6. The van der Waals surface area contributed by atoms with Crippen molar-refractivity contribution in [2.75, 3.05) is 32.8 Å². The molecule has 0 radical (unpaired) electrons. The Morgan fingerprint density at radius 3 is 2.10 bits per heavy atom. The molecule has 0 spiro atoms. The molecule has 0 aliphatic carbocycles. The number of hydrogen-bond acceptors (Lipinski definition) is 4. The molecule has 2 fully saturated rings. The van der Waals surface area contributed by atoms with Crippen LogP contribution in [0.4, 0.5) is 4.39 Å². The molecule has 0 bridgehead atoms. The number of carbonyl (C=O) groups excluding carboxylic acids is 1. The smallest absolute Gasteiger partial charge is 0.281 e. The van der Waals surface area contributed by atoms with Crippen LogP contribution >= 0.6 is 0 Å². The minimum atomic E-state index is -3.41. The summed E-state index contributed by atoms with van der Waals surface area (Å²) in [5.74, 6) is -0.387. The minimum Gasteiger partial charge on any atom is -0.370 e. The number of piperidine rings is 1. The fourth-order valence-electron chi connectivity index (χ4n) is 3.93. The molecule has 1 aromatic carbocycles. The van der Waals surface area contributed by atoms with Gasteiger partial charge in [-0.05, 0) is 43.4 Å². The molecular formula is C21H31FN2O4S. The molecule has 0 aromatic heterocycles. The van der Waals surface area contributed by atoms with Crippen LogP contribution in [0.2, 0.25) is 0 Å². The highest BCUT2D eigenvalue weighted by molar-refractivity contribution is 7.86. The summed E-state index contributed by atoms with van der Waals surface area (Å²) >= 11 is 0. The van der Waals surface area contributed by atoms with E-state index in [1.807, 2.05) is 0 Å². The Bertz CT molecular complexity index is 753. The highest BCUT2D eigenvalue weighted by atomic mass is 32.2. The van der Waals surface area contributed by atoms with E-state index in [-0.39, 0.29) is 30.7 Å². The highest BCUT2D eigenvalue weighted by Crippen LogP contribution is 2.21. The van der Waals surface area contributed by atoms with Crippen molar-refractivity contribution in [1.82, 2.24) is 8.61 Å². The van der Waals surface area contributed by atoms with E-state index in [0.29, 0.717) is 39.0 Å². The van der Waals surface area contributed by atoms with E-state index in [1.54, 1.807) is 20.7 Å². The number of hydrogen-bond donors (Lipinski definition) is 0. The summed E-state index contributed by atoms with van der Waals surface area (Å²) in [7, 11) is -3.41. The maximum absolute atomic E-state index is 12.9. The summed E-state index contributed by atoms with van der Waals surface area (Å²) in [5.41, 5.74) is 0.758. The van der Waals surface area contributed by atoms with Gasteiger partial charge in [-0.25, -0.2) is 4.39 Å². The summed E-state index contributed by atoms with van der Waals surface area (Å²) in [6.07, 6.45) is 6.52. The second-order valence-corrected chi connectivity index (χ2v) is 9.85. The van der Waals surface area contributed by atoms with Crippen molar-refractivity contribution in [3.63, 3.8) is 0 Å². The van der Waals surface area contributed by atoms with Gasteiger partial charge in [-0.1, -0.05) is 31.4 Å². The summed E-state index contributed by atoms with van der Waals surface area (Å²) in [5, 5.41) is 0. The van der Waals surface area contributed by atoms with E-state index < -0.39 is 10.2 Å². The number of Topliss-reactive ketones (excluding diaryl/α,β-unsaturated/α-hetero) is 1. The Morgan fingerprint density at radius 1 is 0.931 bits per heavy atom. The molecule has 2 aliphatic rings. The summed E-state index contributed by atoms with van der Waals surface area (Å²) in [6.45, 7) is 2.07. The minimum absolute atomic E-state index is 0.000911. The molecule has 2 saturated heterocycles. The Hall–Kier alpha value is -1.35. The fourth-order valence-corrected chi connectivity index (χ4v) is 5.65. The van der Waals surface area contributed by atoms with Crippen LogP contribution in [0, 0.1) is 5.82 Å². The van der Waals surface area contributed by atoms with Crippen LogP contribution in [0.5, 0.6) is 0 Å². The lowest BCUT2D eigenvalue weighted by Gasteiger charge is -2.35. The molecule has 2 heterocycles. The molecular weight excluding hydrogens is 395 g/mol. The molecule has 0 saturated carbocycles. The lowest BCUT2D eigenvalue weighted by atomic mass is 10.1. The second-order valence-electron chi connectivity index (χ2n) is 7.93. The number of halogens is 1. The molecule has 162 valence electrons. The van der Waals surface area contributed by atoms with Gasteiger partial charge in [0.1, 0.15) is 12.4 Å². The number of ketones is 1. The zero-order chi connectivity index (χ0) is 20.7. The molecule has 0 N–H and O–H groups in total. The lowest BCUT2D eigenvalue weighted by Crippen LogP contribution is -2.49. The fraction of sp³-hybridized carbons (Fsp3) is 0.667. The van der Waals surface area contributed by atoms with E-state index in [2.05, 4.69) is 0 Å². The molecule has 0 unspecified atom stereocenters. The third-order valence-corrected chi connectivity index (χ3v) is 7.70. The molecule has 29 heavy (non-hydrogen) atoms. The summed E-state index contributed by atoms with van der Waals surface area (Å²) in [4.78, 5) is 12.1. The van der Waals surface area contributed by atoms with Gasteiger partial charge in [0.25, 0.3) is 10.2 Å². The molecule has 0 atom stereocenters. The maximum atomic E-state index is 12.9. The predicted molar refractivity (Wildman–Crippen MR) is 109 cm³/mol. The van der Waals surface area contributed by atoms with Gasteiger partial charge in [-0.2, -0.15) is 17.0 Å². The molecule has 0 amide bonds. The first kappa shape index (κ1) is 22.3. The number of rotatable bonds is 7. The number of benzene rings is 1. The van der Waals surface area contributed by atoms with Crippen LogP contribution in [0.25, 0.3) is 0 Å². The largest absolute Gasteiger partial charge is 0.370 e. The average Bonchev–Trinajstić information content (AvgIpc) is 2.68. The van der Waals surface area contributed by atoms with E-state index in [0.717, 1.165) is 31.2 Å². The Kier molecular flexibility index (Phi) is 8.17. The van der Waals surface area contributed by atoms with Gasteiger partial charge in [0.2, 0.25) is 0 Å². The van der Waals surface area contributed by atoms with Gasteiger partial charge in [0.05, 0.1) is 6.10 Å². The van der Waals surface area contributed by atoms with Crippen LogP contribution in [0.1, 0.15) is 50.5 Å². The van der Waals surface area contributed by atoms with E-state index in [9.17, 15) is 17.6 Å². The third kappa shape index (κ3) is 6.57. The summed E-state index contributed by atoms with van der Waals surface area (Å²) in [6, 6.07) is 5.88. The van der Waals surface area contributed by atoms with Gasteiger partial charge < -0.3 is 4.74 Å². The SMILES string of the molecule is O=C(COC1CCN(S(=O)(=O)N2CCCCCCC2)CC1)Cc1ccc(F)cc1. The molecule has 8 heteroatoms. The monoisotopic (exact) mass is 426 g/mol. The third-order valence-electron chi connectivity index (χ3n) is 5.66. The first-order valence-corrected chi connectivity index (χ1v) is 12.0. The molecule has 2 aliphatic heterocycles. The van der Waals surface area contributed by atoms with Crippen molar-refractivity contribution < 1.29 is 22.3 Å². The van der Waals surface area contributed by atoms with Gasteiger partial charge >= 0.3 is 0 Å². The van der Waals surface area contributed by atoms with Crippen molar-refractivity contribution in [3.8, 4) is 0 Å². The van der Waals surface area contributed by atoms with Crippen molar-refractivity contribution in [2.45, 2.75) is 57.5 Å². The maximum Gasteiger partial charge on any atom is 0.281 e. The van der Waals surface area contributed by atoms with Crippen LogP contribution in [-0.4, -0.2) is 61.7 Å². The quantitative estimate of drug-likeness (QED) is 0.672. The van der Waals surface area contributed by atoms with Gasteiger partial charge in [0.15, 0.2) is 5.78 Å². The molecule has 3 rings (SSSR count). The van der Waals surface area contributed by atoms with E-state index in [4.69, 9.17) is 4.74 Å². The normalized spacial score (nSPS) is 20.9. The van der Waals surface area contributed by atoms with Crippen molar-refractivity contribution in [3.05, 3.63) is 35.6 Å². The lowest BCUT2D eigenvalue weighted by molar-refractivity contribution is -0.125. The Labute approximate surface area is 173 Å². The standard InChI is InChI=1S/C21H31FN2O4S/c22-19-8-6-18(7-9-19)16-20(25)17-28-21-10-14-24(15-11-21)29(26,27)23-12-4-2-1-3-5-13-23/h6-9,21H,1-5,10-17H2. The van der Waals surface area contributed by atoms with Gasteiger partial charge in [-0.3, -0.25) is 4.79 Å². The predicted octanol–water partition coefficient (Wildman–Crippen LogP) is 2.93. The van der Waals surface area contributed by atoms with Crippen LogP contribution < -0.4 is 0 Å². The van der Waals surface area contributed by atoms with Gasteiger partial charge in [0, 0.05) is 32.6 Å².